The number of carboxylic acids is 1. The van der Waals surface area contributed by atoms with Crippen molar-refractivity contribution in [2.45, 2.75) is 19.8 Å². The third kappa shape index (κ3) is 1.30. The molecule has 74 valence electrons. The Morgan fingerprint density at radius 1 is 1.50 bits per heavy atom. The monoisotopic (exact) mass is 210 g/mol. The van der Waals surface area contributed by atoms with Crippen molar-refractivity contribution >= 4 is 17.6 Å². The molecule has 0 fully saturated rings. The predicted molar refractivity (Wildman–Crippen MR) is 54.6 cm³/mol. The van der Waals surface area contributed by atoms with Crippen molar-refractivity contribution in [2.75, 3.05) is 0 Å². The van der Waals surface area contributed by atoms with E-state index in [2.05, 4.69) is 0 Å². The number of fused-ring (bicyclic) bond motifs is 1. The molecule has 2 rings (SSSR count). The molecule has 1 aliphatic rings. The summed E-state index contributed by atoms with van der Waals surface area (Å²) in [5.41, 5.74) is 1.40. The van der Waals surface area contributed by atoms with Crippen LogP contribution in [-0.2, 0) is 17.6 Å². The highest BCUT2D eigenvalue weighted by Crippen LogP contribution is 2.39. The molecular weight excluding hydrogens is 200 g/mol. The van der Waals surface area contributed by atoms with Crippen LogP contribution < -0.4 is 0 Å². The van der Waals surface area contributed by atoms with Gasteiger partial charge in [0.25, 0.3) is 0 Å². The van der Waals surface area contributed by atoms with Gasteiger partial charge < -0.3 is 5.11 Å². The molecule has 1 atom stereocenters. The second-order valence-corrected chi connectivity index (χ2v) is 4.50. The maximum absolute atomic E-state index is 11.1. The van der Waals surface area contributed by atoms with Crippen LogP contribution in [0.4, 0.5) is 0 Å². The van der Waals surface area contributed by atoms with E-state index in [0.29, 0.717) is 17.9 Å². The molecular formula is C11H11ClO2. The van der Waals surface area contributed by atoms with Crippen molar-refractivity contribution in [2.24, 2.45) is 5.41 Å². The molecule has 0 aliphatic heterocycles. The van der Waals surface area contributed by atoms with Gasteiger partial charge in [-0.15, -0.1) is 0 Å². The molecule has 0 saturated carbocycles. The van der Waals surface area contributed by atoms with Crippen molar-refractivity contribution in [3.8, 4) is 0 Å². The van der Waals surface area contributed by atoms with Gasteiger partial charge in [-0.25, -0.2) is 0 Å². The summed E-state index contributed by atoms with van der Waals surface area (Å²) in [7, 11) is 0. The number of aliphatic carboxylic acids is 1. The third-order valence-corrected chi connectivity index (χ3v) is 3.23. The van der Waals surface area contributed by atoms with Gasteiger partial charge in [0.15, 0.2) is 0 Å². The van der Waals surface area contributed by atoms with E-state index < -0.39 is 11.4 Å². The van der Waals surface area contributed by atoms with Crippen LogP contribution in [-0.4, -0.2) is 11.1 Å². The summed E-state index contributed by atoms with van der Waals surface area (Å²) < 4.78 is 0. The van der Waals surface area contributed by atoms with Crippen LogP contribution in [0.5, 0.6) is 0 Å². The highest BCUT2D eigenvalue weighted by atomic mass is 35.5. The predicted octanol–water partition coefficient (Wildman–Crippen LogP) is 2.53. The lowest BCUT2D eigenvalue weighted by Gasteiger charge is -2.16. The summed E-state index contributed by atoms with van der Waals surface area (Å²) in [5, 5.41) is 9.78. The van der Waals surface area contributed by atoms with Crippen LogP contribution in [0.2, 0.25) is 5.02 Å². The molecule has 1 N–H and O–H groups in total. The zero-order chi connectivity index (χ0) is 10.3. The second kappa shape index (κ2) is 2.99. The van der Waals surface area contributed by atoms with Crippen LogP contribution in [0.25, 0.3) is 0 Å². The molecule has 0 saturated heterocycles. The van der Waals surface area contributed by atoms with Gasteiger partial charge in [-0.3, -0.25) is 4.79 Å². The minimum atomic E-state index is -0.746. The zero-order valence-electron chi connectivity index (χ0n) is 7.88. The van der Waals surface area contributed by atoms with Crippen molar-refractivity contribution < 1.29 is 9.90 Å². The van der Waals surface area contributed by atoms with Crippen molar-refractivity contribution in [1.82, 2.24) is 0 Å². The summed E-state index contributed by atoms with van der Waals surface area (Å²) in [5.74, 6) is -0.746. The molecule has 0 radical (unpaired) electrons. The number of hydrogen-bond donors (Lipinski definition) is 1. The summed E-state index contributed by atoms with van der Waals surface area (Å²) in [4.78, 5) is 11.1. The van der Waals surface area contributed by atoms with E-state index in [4.69, 9.17) is 16.7 Å². The zero-order valence-corrected chi connectivity index (χ0v) is 8.64. The fourth-order valence-corrected chi connectivity index (χ4v) is 2.25. The summed E-state index contributed by atoms with van der Waals surface area (Å²) in [6.07, 6.45) is 1.12. The van der Waals surface area contributed by atoms with Crippen molar-refractivity contribution in [1.29, 1.82) is 0 Å². The maximum Gasteiger partial charge on any atom is 0.310 e. The largest absolute Gasteiger partial charge is 0.481 e. The van der Waals surface area contributed by atoms with Crippen LogP contribution in [0.1, 0.15) is 18.1 Å². The molecule has 1 aromatic rings. The number of hydrogen-bond acceptors (Lipinski definition) is 1. The highest BCUT2D eigenvalue weighted by molar-refractivity contribution is 6.31. The molecule has 1 aromatic carbocycles. The van der Waals surface area contributed by atoms with Gasteiger partial charge in [-0.1, -0.05) is 23.7 Å². The Morgan fingerprint density at radius 3 is 2.79 bits per heavy atom. The van der Waals surface area contributed by atoms with Crippen LogP contribution in [0, 0.1) is 5.41 Å². The molecule has 0 spiro atoms. The van der Waals surface area contributed by atoms with Crippen LogP contribution in [0.15, 0.2) is 18.2 Å². The van der Waals surface area contributed by atoms with Gasteiger partial charge >= 0.3 is 5.97 Å². The van der Waals surface area contributed by atoms with E-state index in [1.165, 1.54) is 0 Å². The minimum absolute atomic E-state index is 0.539. The first-order chi connectivity index (χ1) is 6.53. The molecule has 0 aromatic heterocycles. The van der Waals surface area contributed by atoms with E-state index >= 15 is 0 Å². The van der Waals surface area contributed by atoms with Gasteiger partial charge in [0.05, 0.1) is 5.41 Å². The van der Waals surface area contributed by atoms with Crippen LogP contribution in [0.3, 0.4) is 0 Å². The van der Waals surface area contributed by atoms with Crippen molar-refractivity contribution in [3.05, 3.63) is 34.3 Å². The molecule has 1 aliphatic carbocycles. The van der Waals surface area contributed by atoms with E-state index in [1.807, 2.05) is 18.2 Å². The maximum atomic E-state index is 11.1. The molecule has 1 unspecified atom stereocenters. The molecule has 3 heteroatoms. The van der Waals surface area contributed by atoms with E-state index in [9.17, 15) is 4.79 Å². The Bertz CT molecular complexity index is 400. The normalized spacial score (nSPS) is 24.7. The average molecular weight is 211 g/mol. The van der Waals surface area contributed by atoms with Gasteiger partial charge in [-0.2, -0.15) is 0 Å². The number of carboxylic acid groups (broad SMARTS) is 1. The smallest absolute Gasteiger partial charge is 0.310 e. The van der Waals surface area contributed by atoms with Gasteiger partial charge in [0, 0.05) is 5.02 Å². The number of halogens is 1. The highest BCUT2D eigenvalue weighted by Gasteiger charge is 2.40. The Hall–Kier alpha value is -1.02. The van der Waals surface area contributed by atoms with E-state index in [-0.39, 0.29) is 0 Å². The van der Waals surface area contributed by atoms with E-state index in [0.717, 1.165) is 11.1 Å². The minimum Gasteiger partial charge on any atom is -0.481 e. The molecule has 0 heterocycles. The first-order valence-electron chi connectivity index (χ1n) is 4.52. The lowest BCUT2D eigenvalue weighted by molar-refractivity contribution is -0.147. The lowest BCUT2D eigenvalue weighted by atomic mass is 9.88. The Labute approximate surface area is 87.5 Å². The molecule has 14 heavy (non-hydrogen) atoms. The average Bonchev–Trinajstić information content (AvgIpc) is 2.45. The summed E-state index contributed by atoms with van der Waals surface area (Å²) in [6, 6.07) is 5.64. The number of carbonyl (C=O) groups is 1. The quantitative estimate of drug-likeness (QED) is 0.774. The summed E-state index contributed by atoms with van der Waals surface area (Å²) in [6.45, 7) is 1.77. The number of rotatable bonds is 1. The Morgan fingerprint density at radius 2 is 2.21 bits per heavy atom. The standard InChI is InChI=1S/C11H11ClO2/c1-11(10(13)14)5-7-3-2-4-9(12)8(7)6-11/h2-4H,5-6H2,1H3,(H,13,14). The second-order valence-electron chi connectivity index (χ2n) is 4.10. The van der Waals surface area contributed by atoms with Crippen molar-refractivity contribution in [3.63, 3.8) is 0 Å². The van der Waals surface area contributed by atoms with Gasteiger partial charge in [-0.05, 0) is 37.0 Å². The summed E-state index contributed by atoms with van der Waals surface area (Å²) >= 11 is 6.01. The topological polar surface area (TPSA) is 37.3 Å². The van der Waals surface area contributed by atoms with Crippen LogP contribution >= 0.6 is 11.6 Å². The lowest BCUT2D eigenvalue weighted by Crippen LogP contribution is -2.27. The third-order valence-electron chi connectivity index (χ3n) is 2.88. The van der Waals surface area contributed by atoms with Gasteiger partial charge in [0.2, 0.25) is 0 Å². The first kappa shape index (κ1) is 9.53. The molecule has 0 amide bonds. The first-order valence-corrected chi connectivity index (χ1v) is 4.90. The number of benzene rings is 1. The van der Waals surface area contributed by atoms with Gasteiger partial charge in [0.1, 0.15) is 0 Å². The molecule has 2 nitrogen and oxygen atoms in total. The van der Waals surface area contributed by atoms with E-state index in [1.54, 1.807) is 6.92 Å². The molecule has 0 bridgehead atoms. The Balaban J connectivity index is 2.44. The Kier molecular flexibility index (Phi) is 2.04. The fourth-order valence-electron chi connectivity index (χ4n) is 1.99. The fraction of sp³-hybridized carbons (Fsp3) is 0.364. The SMILES string of the molecule is CC1(C(=O)O)Cc2cccc(Cl)c2C1.